The highest BCUT2D eigenvalue weighted by molar-refractivity contribution is 5.77. The lowest BCUT2D eigenvalue weighted by Gasteiger charge is -2.23. The van der Waals surface area contributed by atoms with E-state index in [1.165, 1.54) is 4.90 Å². The van der Waals surface area contributed by atoms with Gasteiger partial charge in [-0.2, -0.15) is 0 Å². The van der Waals surface area contributed by atoms with Crippen molar-refractivity contribution >= 4 is 11.9 Å². The second-order valence-electron chi connectivity index (χ2n) is 3.06. The zero-order chi connectivity index (χ0) is 11.1. The van der Waals surface area contributed by atoms with Crippen LogP contribution >= 0.6 is 0 Å². The minimum absolute atomic E-state index is 0.0345. The van der Waals surface area contributed by atoms with Gasteiger partial charge in [-0.05, 0) is 13.5 Å². The third-order valence-corrected chi connectivity index (χ3v) is 1.93. The Labute approximate surface area is 82.3 Å². The molecule has 0 aromatic carbocycles. The number of carboxylic acids is 1. The molecule has 14 heavy (non-hydrogen) atoms. The molecule has 0 bridgehead atoms. The Hall–Kier alpha value is -1.14. The van der Waals surface area contributed by atoms with E-state index in [-0.39, 0.29) is 26.0 Å². The lowest BCUT2D eigenvalue weighted by atomic mass is 10.1. The summed E-state index contributed by atoms with van der Waals surface area (Å²) in [6.07, 6.45) is 0.202. The third-order valence-electron chi connectivity index (χ3n) is 1.93. The summed E-state index contributed by atoms with van der Waals surface area (Å²) in [5, 5.41) is 17.4. The predicted octanol–water partition coefficient (Wildman–Crippen LogP) is -1.37. The summed E-state index contributed by atoms with van der Waals surface area (Å²) in [7, 11) is 1.58. The zero-order valence-electron chi connectivity index (χ0n) is 8.14. The molecule has 4 N–H and O–H groups in total. The van der Waals surface area contributed by atoms with Crippen molar-refractivity contribution < 1.29 is 19.8 Å². The summed E-state index contributed by atoms with van der Waals surface area (Å²) in [5.41, 5.74) is 4.92. The highest BCUT2D eigenvalue weighted by atomic mass is 16.4. The van der Waals surface area contributed by atoms with Gasteiger partial charge in [0, 0.05) is 13.0 Å². The summed E-state index contributed by atoms with van der Waals surface area (Å²) in [5.74, 6) is -1.53. The van der Waals surface area contributed by atoms with Crippen molar-refractivity contribution in [1.82, 2.24) is 4.90 Å². The summed E-state index contributed by atoms with van der Waals surface area (Å²) in [6, 6.07) is -0.769. The molecule has 0 fully saturated rings. The number of carboxylic acid groups (broad SMARTS) is 1. The van der Waals surface area contributed by atoms with E-state index in [2.05, 4.69) is 0 Å². The van der Waals surface area contributed by atoms with Crippen LogP contribution in [0.3, 0.4) is 0 Å². The van der Waals surface area contributed by atoms with Crippen LogP contribution in [0, 0.1) is 0 Å². The number of hydrogen-bond acceptors (Lipinski definition) is 4. The highest BCUT2D eigenvalue weighted by Crippen LogP contribution is 2.04. The number of rotatable bonds is 7. The maximum Gasteiger partial charge on any atom is 0.320 e. The van der Waals surface area contributed by atoms with E-state index in [9.17, 15) is 9.59 Å². The highest BCUT2D eigenvalue weighted by Gasteiger charge is 2.22. The zero-order valence-corrected chi connectivity index (χ0v) is 8.14. The van der Waals surface area contributed by atoms with E-state index >= 15 is 0 Å². The van der Waals surface area contributed by atoms with Gasteiger partial charge in [-0.15, -0.1) is 0 Å². The van der Waals surface area contributed by atoms with Gasteiger partial charge in [0.05, 0.1) is 6.61 Å². The van der Waals surface area contributed by atoms with Crippen LogP contribution in [0.25, 0.3) is 0 Å². The number of nitrogens with zero attached hydrogens (tertiary/aromatic N) is 1. The topological polar surface area (TPSA) is 104 Å². The van der Waals surface area contributed by atoms with Crippen molar-refractivity contribution in [2.45, 2.75) is 18.9 Å². The maximum atomic E-state index is 10.8. The first kappa shape index (κ1) is 12.9. The average molecular weight is 204 g/mol. The van der Waals surface area contributed by atoms with Crippen molar-refractivity contribution in [3.8, 4) is 0 Å². The van der Waals surface area contributed by atoms with Crippen LogP contribution < -0.4 is 5.73 Å². The molecule has 0 heterocycles. The number of likely N-dealkylation sites (N-methyl/N-ethyl adjacent to an activating group) is 1. The van der Waals surface area contributed by atoms with Crippen LogP contribution in [0.2, 0.25) is 0 Å². The lowest BCUT2D eigenvalue weighted by molar-refractivity contribution is -0.143. The molecule has 1 amide bonds. The van der Waals surface area contributed by atoms with E-state index in [0.29, 0.717) is 0 Å². The Morgan fingerprint density at radius 1 is 1.50 bits per heavy atom. The van der Waals surface area contributed by atoms with Crippen molar-refractivity contribution in [1.29, 1.82) is 0 Å². The monoisotopic (exact) mass is 204 g/mol. The number of aliphatic hydroxyl groups is 1. The van der Waals surface area contributed by atoms with Crippen molar-refractivity contribution in [3.63, 3.8) is 0 Å². The second-order valence-corrected chi connectivity index (χ2v) is 3.06. The first-order valence-corrected chi connectivity index (χ1v) is 4.31. The number of aliphatic carboxylic acids is 1. The number of nitrogens with two attached hydrogens (primary N) is 1. The van der Waals surface area contributed by atoms with Crippen molar-refractivity contribution in [2.75, 3.05) is 20.2 Å². The van der Waals surface area contributed by atoms with Gasteiger partial charge in [0.15, 0.2) is 0 Å². The average Bonchev–Trinajstić information content (AvgIpc) is 2.03. The molecular weight excluding hydrogens is 188 g/mol. The van der Waals surface area contributed by atoms with Gasteiger partial charge in [0.1, 0.15) is 6.04 Å². The number of aliphatic hydroxyl groups excluding tert-OH is 1. The van der Waals surface area contributed by atoms with Gasteiger partial charge in [-0.25, -0.2) is 0 Å². The normalized spacial score (nSPS) is 12.8. The molecule has 0 aliphatic carbocycles. The van der Waals surface area contributed by atoms with Gasteiger partial charge < -0.3 is 15.9 Å². The Morgan fingerprint density at radius 2 is 2.07 bits per heavy atom. The molecule has 0 saturated heterocycles. The summed E-state index contributed by atoms with van der Waals surface area (Å²) >= 11 is 0. The predicted molar refractivity (Wildman–Crippen MR) is 49.6 cm³/mol. The standard InChI is InChI=1S/C8H16N2O4/c1-10(4-5-11)6(8(13)14)2-3-7(9)12/h6,11H,2-5H2,1H3,(H2,9,12)(H,13,14). The Balaban J connectivity index is 4.14. The Kier molecular flexibility index (Phi) is 5.82. The summed E-state index contributed by atoms with van der Waals surface area (Å²) < 4.78 is 0. The van der Waals surface area contributed by atoms with Gasteiger partial charge in [0.2, 0.25) is 5.91 Å². The number of hydrogen-bond donors (Lipinski definition) is 3. The fourth-order valence-electron chi connectivity index (χ4n) is 1.12. The molecule has 1 unspecified atom stereocenters. The van der Waals surface area contributed by atoms with Gasteiger partial charge in [-0.3, -0.25) is 14.5 Å². The minimum Gasteiger partial charge on any atom is -0.480 e. The van der Waals surface area contributed by atoms with Gasteiger partial charge >= 0.3 is 5.97 Å². The van der Waals surface area contributed by atoms with Crippen molar-refractivity contribution in [2.24, 2.45) is 5.73 Å². The largest absolute Gasteiger partial charge is 0.480 e. The van der Waals surface area contributed by atoms with Crippen LogP contribution in [0.1, 0.15) is 12.8 Å². The van der Waals surface area contributed by atoms with Gasteiger partial charge in [-0.1, -0.05) is 0 Å². The van der Waals surface area contributed by atoms with Gasteiger partial charge in [0.25, 0.3) is 0 Å². The second kappa shape index (κ2) is 6.33. The van der Waals surface area contributed by atoms with Crippen LogP contribution in [-0.4, -0.2) is 53.2 Å². The number of primary amides is 1. The molecule has 0 aliphatic heterocycles. The SMILES string of the molecule is CN(CCO)C(CCC(N)=O)C(=O)O. The molecule has 82 valence electrons. The summed E-state index contributed by atoms with van der Waals surface area (Å²) in [6.45, 7) is 0.145. The Bertz CT molecular complexity index is 208. The van der Waals surface area contributed by atoms with E-state index in [4.69, 9.17) is 15.9 Å². The molecule has 0 saturated carbocycles. The Morgan fingerprint density at radius 3 is 2.43 bits per heavy atom. The van der Waals surface area contributed by atoms with E-state index in [1.54, 1.807) is 7.05 Å². The fraction of sp³-hybridized carbons (Fsp3) is 0.750. The van der Waals surface area contributed by atoms with E-state index in [1.807, 2.05) is 0 Å². The van der Waals surface area contributed by atoms with Crippen LogP contribution in [-0.2, 0) is 9.59 Å². The third kappa shape index (κ3) is 4.78. The fourth-order valence-corrected chi connectivity index (χ4v) is 1.12. The molecule has 6 heteroatoms. The number of carbonyl (C=O) groups excluding carboxylic acids is 1. The van der Waals surface area contributed by atoms with Crippen molar-refractivity contribution in [3.05, 3.63) is 0 Å². The number of amides is 1. The molecule has 0 aliphatic rings. The lowest BCUT2D eigenvalue weighted by Crippen LogP contribution is -2.40. The molecule has 6 nitrogen and oxygen atoms in total. The molecule has 0 aromatic heterocycles. The summed E-state index contributed by atoms with van der Waals surface area (Å²) in [4.78, 5) is 22.7. The molecule has 0 rings (SSSR count). The first-order valence-electron chi connectivity index (χ1n) is 4.31. The molecule has 1 atom stereocenters. The molecule has 0 radical (unpaired) electrons. The smallest absolute Gasteiger partial charge is 0.320 e. The molecule has 0 aromatic rings. The quantitative estimate of drug-likeness (QED) is 0.474. The minimum atomic E-state index is -1.01. The van der Waals surface area contributed by atoms with Crippen LogP contribution in [0.5, 0.6) is 0 Å². The molecular formula is C8H16N2O4. The van der Waals surface area contributed by atoms with Crippen LogP contribution in [0.4, 0.5) is 0 Å². The maximum absolute atomic E-state index is 10.8. The molecule has 0 spiro atoms. The van der Waals surface area contributed by atoms with E-state index < -0.39 is 17.9 Å². The van der Waals surface area contributed by atoms with E-state index in [0.717, 1.165) is 0 Å². The number of carbonyl (C=O) groups is 2. The first-order chi connectivity index (χ1) is 6.49. The van der Waals surface area contributed by atoms with Crippen LogP contribution in [0.15, 0.2) is 0 Å².